The number of aliphatic imine (C=N–C) groups is 1. The zero-order chi connectivity index (χ0) is 18.9. The van der Waals surface area contributed by atoms with Gasteiger partial charge in [0.1, 0.15) is 17.5 Å². The van der Waals surface area contributed by atoms with Gasteiger partial charge in [0.25, 0.3) is 5.91 Å². The summed E-state index contributed by atoms with van der Waals surface area (Å²) in [4.78, 5) is 20.5. The number of nitrogens with zero attached hydrogens (tertiary/aromatic N) is 2. The highest BCUT2D eigenvalue weighted by Gasteiger charge is 2.51. The number of rotatable bonds is 3. The maximum Gasteiger partial charge on any atom is 0.256 e. The van der Waals surface area contributed by atoms with E-state index >= 15 is 0 Å². The number of amides is 1. The van der Waals surface area contributed by atoms with Gasteiger partial charge in [0.2, 0.25) is 0 Å². The van der Waals surface area contributed by atoms with E-state index in [-0.39, 0.29) is 11.9 Å². The van der Waals surface area contributed by atoms with Crippen LogP contribution in [0.2, 0.25) is 0 Å². The van der Waals surface area contributed by atoms with Crippen molar-refractivity contribution in [3.8, 4) is 0 Å². The molecule has 5 heteroatoms. The van der Waals surface area contributed by atoms with Crippen molar-refractivity contribution in [3.05, 3.63) is 35.4 Å². The third-order valence-corrected chi connectivity index (χ3v) is 7.33. The molecule has 4 rings (SSSR count). The van der Waals surface area contributed by atoms with E-state index in [2.05, 4.69) is 0 Å². The van der Waals surface area contributed by atoms with Crippen LogP contribution in [0.4, 0.5) is 0 Å². The molecular weight excluding hydrogens is 356 g/mol. The van der Waals surface area contributed by atoms with Gasteiger partial charge < -0.3 is 5.11 Å². The lowest BCUT2D eigenvalue weighted by atomic mass is 9.91. The normalized spacial score (nSPS) is 24.7. The summed E-state index contributed by atoms with van der Waals surface area (Å²) in [6.45, 7) is 2.04. The van der Waals surface area contributed by atoms with E-state index in [9.17, 15) is 9.90 Å². The van der Waals surface area contributed by atoms with Gasteiger partial charge in [-0.05, 0) is 49.7 Å². The number of aliphatic hydroxyl groups excluding tert-OH is 1. The lowest BCUT2D eigenvalue weighted by Gasteiger charge is -2.33. The van der Waals surface area contributed by atoms with Gasteiger partial charge in [-0.3, -0.25) is 14.7 Å². The molecule has 1 amide bonds. The first-order chi connectivity index (χ1) is 13.1. The van der Waals surface area contributed by atoms with Gasteiger partial charge >= 0.3 is 0 Å². The number of benzene rings is 1. The molecule has 1 saturated carbocycles. The van der Waals surface area contributed by atoms with Crippen molar-refractivity contribution in [2.24, 2.45) is 4.99 Å². The molecule has 0 radical (unpaired) electrons. The molecule has 1 N–H and O–H groups in total. The fourth-order valence-corrected chi connectivity index (χ4v) is 5.81. The Labute approximate surface area is 166 Å². The van der Waals surface area contributed by atoms with Crippen molar-refractivity contribution >= 4 is 23.5 Å². The molecule has 0 bridgehead atoms. The predicted molar refractivity (Wildman–Crippen MR) is 111 cm³/mol. The molecule has 1 spiro atoms. The highest BCUT2D eigenvalue weighted by molar-refractivity contribution is 7.99. The average molecular weight is 387 g/mol. The third-order valence-electron chi connectivity index (χ3n) is 6.34. The number of thioether (sulfide) groups is 1. The van der Waals surface area contributed by atoms with Gasteiger partial charge in [0.15, 0.2) is 0 Å². The van der Waals surface area contributed by atoms with Crippen molar-refractivity contribution < 1.29 is 9.90 Å². The zero-order valence-corrected chi connectivity index (χ0v) is 17.0. The minimum atomic E-state index is -0.827. The highest BCUT2D eigenvalue weighted by atomic mass is 32.2. The molecule has 2 heterocycles. The van der Waals surface area contributed by atoms with E-state index in [1.807, 2.05) is 47.9 Å². The van der Waals surface area contributed by atoms with Crippen molar-refractivity contribution in [3.63, 3.8) is 0 Å². The Hall–Kier alpha value is -1.33. The van der Waals surface area contributed by atoms with Crippen LogP contribution in [0.5, 0.6) is 0 Å². The van der Waals surface area contributed by atoms with Gasteiger partial charge in [0.05, 0.1) is 0 Å². The average Bonchev–Trinajstić information content (AvgIpc) is 2.86. The van der Waals surface area contributed by atoms with Crippen LogP contribution in [0.25, 0.3) is 0 Å². The maximum absolute atomic E-state index is 13.6. The summed E-state index contributed by atoms with van der Waals surface area (Å²) in [6.07, 6.45) is 7.61. The van der Waals surface area contributed by atoms with E-state index < -0.39 is 11.6 Å². The zero-order valence-electron chi connectivity index (χ0n) is 16.2. The van der Waals surface area contributed by atoms with Crippen molar-refractivity contribution in [1.29, 1.82) is 0 Å². The second kappa shape index (κ2) is 7.96. The van der Waals surface area contributed by atoms with Crippen LogP contribution in [0.3, 0.4) is 0 Å². The Morgan fingerprint density at radius 3 is 2.37 bits per heavy atom. The largest absolute Gasteiger partial charge is 0.380 e. The van der Waals surface area contributed by atoms with E-state index in [1.165, 1.54) is 12.8 Å². The molecule has 1 aromatic carbocycles. The predicted octanol–water partition coefficient (Wildman–Crippen LogP) is 4.26. The Kier molecular flexibility index (Phi) is 5.60. The molecule has 2 aliphatic heterocycles. The van der Waals surface area contributed by atoms with E-state index in [4.69, 9.17) is 4.99 Å². The maximum atomic E-state index is 13.6. The molecule has 1 atom stereocenters. The summed E-state index contributed by atoms with van der Waals surface area (Å²) < 4.78 is 0. The first-order valence-corrected chi connectivity index (χ1v) is 11.5. The van der Waals surface area contributed by atoms with Crippen LogP contribution in [-0.4, -0.2) is 44.8 Å². The number of carbonyl (C=O) groups is 1. The van der Waals surface area contributed by atoms with Crippen LogP contribution >= 0.6 is 11.8 Å². The molecule has 3 aliphatic rings. The quantitative estimate of drug-likeness (QED) is 0.790. The summed E-state index contributed by atoms with van der Waals surface area (Å²) in [5, 5.41) is 11.2. The van der Waals surface area contributed by atoms with Gasteiger partial charge in [0, 0.05) is 6.04 Å². The van der Waals surface area contributed by atoms with Crippen molar-refractivity contribution in [2.75, 3.05) is 11.5 Å². The number of carbonyl (C=O) groups excluding carboxylic acids is 1. The Balaban J connectivity index is 1.69. The van der Waals surface area contributed by atoms with Crippen molar-refractivity contribution in [2.45, 2.75) is 76.0 Å². The molecule has 146 valence electrons. The SMILES string of the molecule is Cc1ccc(C(O)C2=NC3(CCSCC3)C(=O)N2C2CCCCCC2)cc1. The Bertz CT molecular complexity index is 702. The smallest absolute Gasteiger partial charge is 0.256 e. The second-order valence-corrected chi connectivity index (χ2v) is 9.47. The summed E-state index contributed by atoms with van der Waals surface area (Å²) in [5.41, 5.74) is 1.36. The first-order valence-electron chi connectivity index (χ1n) is 10.4. The number of hydrogen-bond donors (Lipinski definition) is 1. The fraction of sp³-hybridized carbons (Fsp3) is 0.636. The third kappa shape index (κ3) is 3.68. The molecular formula is C22H30N2O2S. The number of aliphatic hydroxyl groups is 1. The molecule has 0 aromatic heterocycles. The molecule has 1 aliphatic carbocycles. The van der Waals surface area contributed by atoms with E-state index in [0.29, 0.717) is 5.84 Å². The van der Waals surface area contributed by atoms with E-state index in [0.717, 1.165) is 61.2 Å². The van der Waals surface area contributed by atoms with Gasteiger partial charge in [-0.1, -0.05) is 55.5 Å². The van der Waals surface area contributed by atoms with Crippen LogP contribution in [0.15, 0.2) is 29.3 Å². The minimum Gasteiger partial charge on any atom is -0.380 e. The van der Waals surface area contributed by atoms with Gasteiger partial charge in [-0.2, -0.15) is 11.8 Å². The summed E-state index contributed by atoms with van der Waals surface area (Å²) in [7, 11) is 0. The van der Waals surface area contributed by atoms with Crippen LogP contribution < -0.4 is 0 Å². The molecule has 27 heavy (non-hydrogen) atoms. The molecule has 1 unspecified atom stereocenters. The molecule has 4 nitrogen and oxygen atoms in total. The highest BCUT2D eigenvalue weighted by Crippen LogP contribution is 2.41. The molecule has 1 aromatic rings. The lowest BCUT2D eigenvalue weighted by Crippen LogP contribution is -2.49. The molecule has 2 fully saturated rings. The van der Waals surface area contributed by atoms with Crippen LogP contribution in [-0.2, 0) is 4.79 Å². The fourth-order valence-electron chi connectivity index (χ4n) is 4.64. The van der Waals surface area contributed by atoms with Crippen molar-refractivity contribution in [1.82, 2.24) is 4.90 Å². The molecule has 1 saturated heterocycles. The minimum absolute atomic E-state index is 0.149. The number of aryl methyl sites for hydroxylation is 1. The van der Waals surface area contributed by atoms with Crippen LogP contribution in [0.1, 0.15) is 68.6 Å². The monoisotopic (exact) mass is 386 g/mol. The number of amidine groups is 1. The summed E-state index contributed by atoms with van der Waals surface area (Å²) in [6, 6.07) is 8.13. The standard InChI is InChI=1S/C22H30N2O2S/c1-16-8-10-17(11-9-16)19(25)20-23-22(12-14-27-15-13-22)21(26)24(20)18-6-4-2-3-5-7-18/h8-11,18-19,25H,2-7,12-15H2,1H3. The second-order valence-electron chi connectivity index (χ2n) is 8.25. The first kappa shape index (κ1) is 19.0. The van der Waals surface area contributed by atoms with Crippen LogP contribution in [0, 0.1) is 6.92 Å². The summed E-state index contributed by atoms with van der Waals surface area (Å²) >= 11 is 1.90. The Morgan fingerprint density at radius 1 is 1.11 bits per heavy atom. The topological polar surface area (TPSA) is 52.9 Å². The number of hydrogen-bond acceptors (Lipinski definition) is 4. The Morgan fingerprint density at radius 2 is 1.74 bits per heavy atom. The summed E-state index contributed by atoms with van der Waals surface area (Å²) in [5.74, 6) is 2.70. The lowest BCUT2D eigenvalue weighted by molar-refractivity contribution is -0.133. The van der Waals surface area contributed by atoms with E-state index in [1.54, 1.807) is 0 Å². The van der Waals surface area contributed by atoms with Gasteiger partial charge in [-0.15, -0.1) is 0 Å². The van der Waals surface area contributed by atoms with Gasteiger partial charge in [-0.25, -0.2) is 0 Å².